The van der Waals surface area contributed by atoms with Crippen LogP contribution in [0.5, 0.6) is 6.01 Å². The van der Waals surface area contributed by atoms with Crippen molar-refractivity contribution in [2.75, 3.05) is 17.9 Å². The van der Waals surface area contributed by atoms with E-state index in [4.69, 9.17) is 10.6 Å². The highest BCUT2D eigenvalue weighted by Gasteiger charge is 2.14. The summed E-state index contributed by atoms with van der Waals surface area (Å²) in [6.07, 6.45) is 2.04. The molecule has 0 bridgehead atoms. The molecule has 4 N–H and O–H groups in total. The molecule has 7 nitrogen and oxygen atoms in total. The Bertz CT molecular complexity index is 510. The number of ether oxygens (including phenoxy) is 1. The van der Waals surface area contributed by atoms with Crippen LogP contribution >= 0.6 is 11.3 Å². The highest BCUT2D eigenvalue weighted by molar-refractivity contribution is 7.10. The van der Waals surface area contributed by atoms with Gasteiger partial charge in [0.15, 0.2) is 0 Å². The van der Waals surface area contributed by atoms with Crippen LogP contribution in [0.3, 0.4) is 0 Å². The molecule has 0 spiro atoms. The van der Waals surface area contributed by atoms with Gasteiger partial charge in [0, 0.05) is 4.88 Å². The number of rotatable bonds is 7. The van der Waals surface area contributed by atoms with Gasteiger partial charge in [0.25, 0.3) is 0 Å². The normalized spacial score (nSPS) is 11.9. The lowest BCUT2D eigenvalue weighted by Gasteiger charge is -2.17. The van der Waals surface area contributed by atoms with E-state index in [2.05, 4.69) is 44.1 Å². The molecule has 20 heavy (non-hydrogen) atoms. The Morgan fingerprint density at radius 2 is 2.15 bits per heavy atom. The predicted octanol–water partition coefficient (Wildman–Crippen LogP) is 2.18. The average Bonchev–Trinajstić information content (AvgIpc) is 3.00. The maximum absolute atomic E-state index is 5.34. The predicted molar refractivity (Wildman–Crippen MR) is 79.8 cm³/mol. The van der Waals surface area contributed by atoms with Gasteiger partial charge < -0.3 is 10.1 Å². The first-order valence-electron chi connectivity index (χ1n) is 6.33. The van der Waals surface area contributed by atoms with Gasteiger partial charge in [-0.1, -0.05) is 19.4 Å². The Morgan fingerprint density at radius 1 is 1.35 bits per heavy atom. The van der Waals surface area contributed by atoms with Crippen LogP contribution in [0.2, 0.25) is 0 Å². The minimum Gasteiger partial charge on any atom is -0.467 e. The zero-order chi connectivity index (χ0) is 14.4. The third kappa shape index (κ3) is 3.55. The molecule has 2 aromatic rings. The van der Waals surface area contributed by atoms with Crippen molar-refractivity contribution in [3.05, 3.63) is 22.4 Å². The van der Waals surface area contributed by atoms with Gasteiger partial charge in [0.2, 0.25) is 11.9 Å². The molecule has 108 valence electrons. The zero-order valence-electron chi connectivity index (χ0n) is 11.5. The van der Waals surface area contributed by atoms with Crippen LogP contribution in [0.1, 0.15) is 30.7 Å². The number of aromatic nitrogens is 3. The molecule has 2 heterocycles. The molecule has 0 saturated carbocycles. The van der Waals surface area contributed by atoms with Gasteiger partial charge in [0.05, 0.1) is 13.2 Å². The van der Waals surface area contributed by atoms with E-state index in [9.17, 15) is 0 Å². The summed E-state index contributed by atoms with van der Waals surface area (Å²) in [5.41, 5.74) is 2.40. The van der Waals surface area contributed by atoms with E-state index >= 15 is 0 Å². The van der Waals surface area contributed by atoms with Gasteiger partial charge in [-0.2, -0.15) is 15.0 Å². The fourth-order valence-electron chi connectivity index (χ4n) is 1.80. The highest BCUT2D eigenvalue weighted by Crippen LogP contribution is 2.26. The second-order valence-electron chi connectivity index (χ2n) is 4.11. The van der Waals surface area contributed by atoms with Crippen LogP contribution in [0, 0.1) is 0 Å². The monoisotopic (exact) mass is 294 g/mol. The lowest BCUT2D eigenvalue weighted by atomic mass is 10.1. The van der Waals surface area contributed by atoms with Crippen LogP contribution in [-0.4, -0.2) is 22.1 Å². The fraction of sp³-hybridized carbons (Fsp3) is 0.417. The lowest BCUT2D eigenvalue weighted by Crippen LogP contribution is -2.16. The van der Waals surface area contributed by atoms with Crippen molar-refractivity contribution in [3.8, 4) is 6.01 Å². The Hall–Kier alpha value is -1.93. The smallest absolute Gasteiger partial charge is 0.322 e. The molecule has 0 saturated heterocycles. The molecule has 0 radical (unpaired) electrons. The van der Waals surface area contributed by atoms with Crippen molar-refractivity contribution < 1.29 is 4.74 Å². The number of nitrogens with one attached hydrogen (secondary N) is 2. The number of nitrogens with zero attached hydrogens (tertiary/aromatic N) is 3. The summed E-state index contributed by atoms with van der Waals surface area (Å²) in [5.74, 6) is 6.05. The van der Waals surface area contributed by atoms with E-state index in [1.807, 2.05) is 6.07 Å². The van der Waals surface area contributed by atoms with Gasteiger partial charge in [-0.3, -0.25) is 5.43 Å². The van der Waals surface area contributed by atoms with E-state index in [1.54, 1.807) is 11.3 Å². The maximum atomic E-state index is 5.34. The van der Waals surface area contributed by atoms with Crippen LogP contribution in [0.4, 0.5) is 11.9 Å². The fourth-order valence-corrected chi connectivity index (χ4v) is 2.61. The van der Waals surface area contributed by atoms with Crippen LogP contribution in [0.15, 0.2) is 17.5 Å². The number of nitrogens with two attached hydrogens (primary N) is 1. The summed E-state index contributed by atoms with van der Waals surface area (Å²) in [5, 5.41) is 5.36. The van der Waals surface area contributed by atoms with E-state index in [-0.39, 0.29) is 18.0 Å². The Labute approximate surface area is 121 Å². The molecular weight excluding hydrogens is 276 g/mol. The number of methoxy groups -OCH3 is 1. The number of hydrazine groups is 1. The van der Waals surface area contributed by atoms with Crippen molar-refractivity contribution in [1.82, 2.24) is 15.0 Å². The molecule has 0 aliphatic heterocycles. The molecule has 8 heteroatoms. The van der Waals surface area contributed by atoms with Crippen molar-refractivity contribution in [2.24, 2.45) is 5.84 Å². The number of thiophene rings is 1. The van der Waals surface area contributed by atoms with Crippen molar-refractivity contribution >= 4 is 23.2 Å². The van der Waals surface area contributed by atoms with E-state index in [1.165, 1.54) is 12.0 Å². The quantitative estimate of drug-likeness (QED) is 0.532. The third-order valence-electron chi connectivity index (χ3n) is 2.69. The first-order valence-corrected chi connectivity index (χ1v) is 7.21. The number of nitrogen functional groups attached to an aromatic ring is 1. The zero-order valence-corrected chi connectivity index (χ0v) is 12.3. The minimum atomic E-state index is 0.165. The topological polar surface area (TPSA) is 98.0 Å². The van der Waals surface area contributed by atoms with Gasteiger partial charge >= 0.3 is 6.01 Å². The van der Waals surface area contributed by atoms with Gasteiger partial charge in [-0.25, -0.2) is 5.84 Å². The lowest BCUT2D eigenvalue weighted by molar-refractivity contribution is 0.379. The SMILES string of the molecule is CCCC(Nc1nc(NN)nc(OC)n1)c1cccs1. The van der Waals surface area contributed by atoms with Crippen molar-refractivity contribution in [2.45, 2.75) is 25.8 Å². The molecule has 0 aromatic carbocycles. The summed E-state index contributed by atoms with van der Waals surface area (Å²) in [6.45, 7) is 2.14. The first kappa shape index (κ1) is 14.5. The summed E-state index contributed by atoms with van der Waals surface area (Å²) >= 11 is 1.70. The Balaban J connectivity index is 2.21. The molecule has 0 aliphatic carbocycles. The van der Waals surface area contributed by atoms with Crippen LogP contribution in [-0.2, 0) is 0 Å². The summed E-state index contributed by atoms with van der Waals surface area (Å²) in [6, 6.07) is 4.51. The number of anilines is 2. The first-order chi connectivity index (χ1) is 9.76. The average molecular weight is 294 g/mol. The highest BCUT2D eigenvalue weighted by atomic mass is 32.1. The molecule has 0 aliphatic rings. The maximum Gasteiger partial charge on any atom is 0.322 e. The Kier molecular flexibility index (Phi) is 5.08. The molecule has 2 aromatic heterocycles. The molecular formula is C12H18N6OS. The summed E-state index contributed by atoms with van der Waals surface area (Å²) < 4.78 is 5.03. The van der Waals surface area contributed by atoms with Crippen molar-refractivity contribution in [3.63, 3.8) is 0 Å². The molecule has 2 rings (SSSR count). The third-order valence-corrected chi connectivity index (χ3v) is 3.68. The van der Waals surface area contributed by atoms with Crippen LogP contribution < -0.4 is 21.3 Å². The number of hydrogen-bond acceptors (Lipinski definition) is 8. The standard InChI is InChI=1S/C12H18N6OS/c1-3-5-8(9-6-4-7-20-9)14-10-15-11(18-13)17-12(16-10)19-2/h4,6-8H,3,5,13H2,1-2H3,(H2,14,15,16,17,18). The molecule has 0 amide bonds. The van der Waals surface area contributed by atoms with E-state index in [0.29, 0.717) is 5.95 Å². The minimum absolute atomic E-state index is 0.165. The van der Waals surface area contributed by atoms with E-state index < -0.39 is 0 Å². The molecule has 0 fully saturated rings. The van der Waals surface area contributed by atoms with E-state index in [0.717, 1.165) is 12.8 Å². The molecule has 1 unspecified atom stereocenters. The summed E-state index contributed by atoms with van der Waals surface area (Å²) in [4.78, 5) is 13.6. The van der Waals surface area contributed by atoms with Gasteiger partial charge in [-0.15, -0.1) is 11.3 Å². The second kappa shape index (κ2) is 7.01. The Morgan fingerprint density at radius 3 is 2.75 bits per heavy atom. The van der Waals surface area contributed by atoms with Gasteiger partial charge in [0.1, 0.15) is 0 Å². The van der Waals surface area contributed by atoms with Crippen molar-refractivity contribution in [1.29, 1.82) is 0 Å². The largest absolute Gasteiger partial charge is 0.467 e. The van der Waals surface area contributed by atoms with Gasteiger partial charge in [-0.05, 0) is 17.9 Å². The van der Waals surface area contributed by atoms with Crippen LogP contribution in [0.25, 0.3) is 0 Å². The summed E-state index contributed by atoms with van der Waals surface area (Å²) in [7, 11) is 1.50. The molecule has 1 atom stereocenters. The number of hydrogen-bond donors (Lipinski definition) is 3. The second-order valence-corrected chi connectivity index (χ2v) is 5.09.